The van der Waals surface area contributed by atoms with Crippen molar-refractivity contribution in [1.29, 1.82) is 0 Å². The van der Waals surface area contributed by atoms with Gasteiger partial charge in [0.25, 0.3) is 10.1 Å². The monoisotopic (exact) mass is 338 g/mol. The van der Waals surface area contributed by atoms with Gasteiger partial charge >= 0.3 is 0 Å². The molecule has 2 N–H and O–H groups in total. The molecule has 0 saturated heterocycles. The summed E-state index contributed by atoms with van der Waals surface area (Å²) in [6.45, 7) is 3.37. The highest BCUT2D eigenvalue weighted by Crippen LogP contribution is 1.97. The highest BCUT2D eigenvalue weighted by Gasteiger charge is 2.06. The highest BCUT2D eigenvalue weighted by molar-refractivity contribution is 7.85. The summed E-state index contributed by atoms with van der Waals surface area (Å²) in [5.41, 5.74) is 1.27. The van der Waals surface area contributed by atoms with E-state index in [-0.39, 0.29) is 5.75 Å². The van der Waals surface area contributed by atoms with Crippen LogP contribution in [0, 0.1) is 0 Å². The Hall–Kier alpha value is -1.70. The second-order valence-electron chi connectivity index (χ2n) is 5.54. The van der Waals surface area contributed by atoms with Crippen molar-refractivity contribution in [3.63, 3.8) is 0 Å². The van der Waals surface area contributed by atoms with Gasteiger partial charge in [-0.05, 0) is 18.4 Å². The van der Waals surface area contributed by atoms with E-state index < -0.39 is 10.1 Å². The average Bonchev–Trinajstić information content (AvgIpc) is 2.96. The number of unbranched alkanes of at least 4 members (excludes halogenated alkanes) is 1. The summed E-state index contributed by atoms with van der Waals surface area (Å²) in [6, 6.07) is 10.3. The first kappa shape index (κ1) is 17.7. The minimum atomic E-state index is -3.83. The van der Waals surface area contributed by atoms with E-state index in [2.05, 4.69) is 22.0 Å². The lowest BCUT2D eigenvalue weighted by Gasteiger charge is -2.03. The molecule has 0 aliphatic rings. The summed E-state index contributed by atoms with van der Waals surface area (Å²) in [6.07, 6.45) is 7.19. The molecule has 0 unspecified atom stereocenters. The van der Waals surface area contributed by atoms with Gasteiger partial charge < -0.3 is 5.32 Å². The van der Waals surface area contributed by atoms with Gasteiger partial charge in [0.2, 0.25) is 6.33 Å². The van der Waals surface area contributed by atoms with Crippen LogP contribution in [0.25, 0.3) is 0 Å². The van der Waals surface area contributed by atoms with Crippen molar-refractivity contribution in [3.05, 3.63) is 54.6 Å². The van der Waals surface area contributed by atoms with Crippen molar-refractivity contribution < 1.29 is 17.5 Å². The van der Waals surface area contributed by atoms with Crippen LogP contribution in [0.15, 0.2) is 49.1 Å². The fourth-order valence-corrected chi connectivity index (χ4v) is 2.89. The molecule has 0 fully saturated rings. The molecular weight excluding hydrogens is 314 g/mol. The molecule has 7 heteroatoms. The van der Waals surface area contributed by atoms with Gasteiger partial charge in [0.1, 0.15) is 18.9 Å². The maximum atomic E-state index is 10.6. The van der Waals surface area contributed by atoms with E-state index >= 15 is 0 Å². The summed E-state index contributed by atoms with van der Waals surface area (Å²) in [7, 11) is -3.83. The second-order valence-corrected chi connectivity index (χ2v) is 7.12. The standard InChI is InChI=1S/C16H23N3O3S/c20-23(21,22)13-5-4-9-18-11-12-19(15-18)10-8-17-14-16-6-2-1-3-7-16/h1-3,6-7,11-12,15,17H,4-5,8-10,13-14H2/p+1. The second kappa shape index (κ2) is 8.81. The highest BCUT2D eigenvalue weighted by atomic mass is 32.2. The molecule has 2 aromatic rings. The van der Waals surface area contributed by atoms with Gasteiger partial charge in [-0.3, -0.25) is 4.55 Å². The molecule has 1 heterocycles. The third kappa shape index (κ3) is 7.40. The number of hydrogen-bond donors (Lipinski definition) is 2. The van der Waals surface area contributed by atoms with Crippen LogP contribution in [0.2, 0.25) is 0 Å². The predicted molar refractivity (Wildman–Crippen MR) is 88.4 cm³/mol. The van der Waals surface area contributed by atoms with Crippen molar-refractivity contribution in [3.8, 4) is 0 Å². The molecule has 0 saturated carbocycles. The van der Waals surface area contributed by atoms with E-state index in [1.54, 1.807) is 0 Å². The van der Waals surface area contributed by atoms with E-state index in [4.69, 9.17) is 4.55 Å². The first-order valence-electron chi connectivity index (χ1n) is 7.77. The molecule has 0 bridgehead atoms. The quantitative estimate of drug-likeness (QED) is 0.388. The molecule has 0 atom stereocenters. The van der Waals surface area contributed by atoms with E-state index in [0.717, 1.165) is 32.6 Å². The largest absolute Gasteiger partial charge is 0.309 e. The molecule has 0 spiro atoms. The van der Waals surface area contributed by atoms with Gasteiger partial charge in [-0.15, -0.1) is 0 Å². The Labute approximate surface area is 137 Å². The summed E-state index contributed by atoms with van der Waals surface area (Å²) < 4.78 is 34.1. The lowest BCUT2D eigenvalue weighted by atomic mass is 10.2. The number of nitrogens with one attached hydrogen (secondary N) is 1. The smallest absolute Gasteiger partial charge is 0.264 e. The van der Waals surface area contributed by atoms with E-state index in [1.807, 2.05) is 41.5 Å². The fourth-order valence-electron chi connectivity index (χ4n) is 2.32. The number of benzene rings is 1. The van der Waals surface area contributed by atoms with Crippen LogP contribution in [-0.2, 0) is 29.8 Å². The molecule has 1 aromatic heterocycles. The molecule has 6 nitrogen and oxygen atoms in total. The molecule has 0 aliphatic heterocycles. The zero-order valence-corrected chi connectivity index (χ0v) is 14.0. The first-order valence-corrected chi connectivity index (χ1v) is 9.38. The van der Waals surface area contributed by atoms with Crippen LogP contribution >= 0.6 is 0 Å². The number of aryl methyl sites for hydroxylation is 1. The van der Waals surface area contributed by atoms with Gasteiger partial charge in [0.15, 0.2) is 0 Å². The lowest BCUT2D eigenvalue weighted by Crippen LogP contribution is -2.31. The lowest BCUT2D eigenvalue weighted by molar-refractivity contribution is -0.696. The summed E-state index contributed by atoms with van der Waals surface area (Å²) >= 11 is 0. The minimum Gasteiger partial charge on any atom is -0.309 e. The van der Waals surface area contributed by atoms with Crippen molar-refractivity contribution in [2.45, 2.75) is 32.5 Å². The summed E-state index contributed by atoms with van der Waals surface area (Å²) in [4.78, 5) is 0. The van der Waals surface area contributed by atoms with Crippen LogP contribution in [-0.4, -0.2) is 29.8 Å². The zero-order chi connectivity index (χ0) is 16.5. The van der Waals surface area contributed by atoms with Gasteiger partial charge in [-0.1, -0.05) is 30.3 Å². The Bertz CT molecular complexity index is 684. The normalized spacial score (nSPS) is 11.7. The van der Waals surface area contributed by atoms with Crippen LogP contribution in [0.3, 0.4) is 0 Å². The molecule has 2 rings (SSSR count). The van der Waals surface area contributed by atoms with Crippen LogP contribution in [0.4, 0.5) is 0 Å². The Balaban J connectivity index is 1.62. The van der Waals surface area contributed by atoms with Crippen LogP contribution < -0.4 is 9.88 Å². The van der Waals surface area contributed by atoms with Crippen molar-refractivity contribution in [1.82, 2.24) is 9.88 Å². The van der Waals surface area contributed by atoms with Gasteiger partial charge in [0.05, 0.1) is 12.3 Å². The number of rotatable bonds is 10. The van der Waals surface area contributed by atoms with Crippen LogP contribution in [0.1, 0.15) is 18.4 Å². The topological polar surface area (TPSA) is 75.2 Å². The number of imidazole rings is 1. The van der Waals surface area contributed by atoms with E-state index in [0.29, 0.717) is 6.42 Å². The Morgan fingerprint density at radius 1 is 1.17 bits per heavy atom. The Morgan fingerprint density at radius 2 is 1.96 bits per heavy atom. The minimum absolute atomic E-state index is 0.169. The Morgan fingerprint density at radius 3 is 2.70 bits per heavy atom. The van der Waals surface area contributed by atoms with Crippen LogP contribution in [0.5, 0.6) is 0 Å². The summed E-state index contributed by atoms with van der Waals surface area (Å²) in [5, 5.41) is 3.40. The third-order valence-electron chi connectivity index (χ3n) is 3.53. The average molecular weight is 338 g/mol. The Kier molecular flexibility index (Phi) is 6.76. The SMILES string of the molecule is O=S(=O)(O)CCCC[n+]1ccn(CCNCc2ccccc2)c1. The van der Waals surface area contributed by atoms with Gasteiger partial charge in [-0.2, -0.15) is 8.42 Å². The van der Waals surface area contributed by atoms with E-state index in [9.17, 15) is 8.42 Å². The van der Waals surface area contributed by atoms with Crippen molar-refractivity contribution in [2.24, 2.45) is 0 Å². The van der Waals surface area contributed by atoms with Crippen molar-refractivity contribution >= 4 is 10.1 Å². The molecule has 0 amide bonds. The number of nitrogens with zero attached hydrogens (tertiary/aromatic N) is 2. The first-order chi connectivity index (χ1) is 11.0. The molecule has 126 valence electrons. The predicted octanol–water partition coefficient (Wildman–Crippen LogP) is 1.23. The molecular formula is C16H24N3O3S+. The maximum absolute atomic E-state index is 10.6. The molecule has 23 heavy (non-hydrogen) atoms. The maximum Gasteiger partial charge on any atom is 0.264 e. The van der Waals surface area contributed by atoms with Gasteiger partial charge in [0, 0.05) is 13.1 Å². The summed E-state index contributed by atoms with van der Waals surface area (Å²) in [5.74, 6) is -0.169. The van der Waals surface area contributed by atoms with Crippen molar-refractivity contribution in [2.75, 3.05) is 12.3 Å². The fraction of sp³-hybridized carbons (Fsp3) is 0.438. The number of hydrogen-bond acceptors (Lipinski definition) is 3. The number of aromatic nitrogens is 2. The molecule has 0 aliphatic carbocycles. The third-order valence-corrected chi connectivity index (χ3v) is 4.34. The molecule has 1 aromatic carbocycles. The van der Waals surface area contributed by atoms with Gasteiger partial charge in [-0.25, -0.2) is 9.13 Å². The van der Waals surface area contributed by atoms with E-state index in [1.165, 1.54) is 5.56 Å². The zero-order valence-electron chi connectivity index (χ0n) is 13.1. The molecule has 0 radical (unpaired) electrons.